The molecule has 6 nitrogen and oxygen atoms in total. The maximum Gasteiger partial charge on any atom is 0.265 e. The molecule has 4 rings (SSSR count). The minimum atomic E-state index is -3.86. The summed E-state index contributed by atoms with van der Waals surface area (Å²) in [6, 6.07) is 11.6. The molecule has 0 unspecified atom stereocenters. The van der Waals surface area contributed by atoms with Gasteiger partial charge in [-0.3, -0.25) is 4.72 Å². The van der Waals surface area contributed by atoms with Gasteiger partial charge in [0.15, 0.2) is 5.16 Å². The summed E-state index contributed by atoms with van der Waals surface area (Å²) in [6.45, 7) is 0.938. The van der Waals surface area contributed by atoms with Crippen molar-refractivity contribution in [3.63, 3.8) is 0 Å². The number of imidazole rings is 1. The number of hydrogen-bond acceptors (Lipinski definition) is 5. The molecule has 0 fully saturated rings. The average molecular weight is 422 g/mol. The zero-order valence-corrected chi connectivity index (χ0v) is 16.7. The lowest BCUT2D eigenvalue weighted by molar-refractivity contribution is 0.403. The SMILES string of the molecule is COc1ccc(Cl)cc1S(=O)(=O)Nc1cccc(-c2cn3c(n2)SCC3)c1. The highest BCUT2D eigenvalue weighted by Crippen LogP contribution is 2.32. The number of benzene rings is 2. The van der Waals surface area contributed by atoms with Gasteiger partial charge in [0.2, 0.25) is 0 Å². The van der Waals surface area contributed by atoms with Gasteiger partial charge in [-0.25, -0.2) is 13.4 Å². The lowest BCUT2D eigenvalue weighted by Crippen LogP contribution is -2.14. The van der Waals surface area contributed by atoms with Crippen LogP contribution in [0.15, 0.2) is 58.7 Å². The summed E-state index contributed by atoms with van der Waals surface area (Å²) in [6.07, 6.45) is 1.99. The van der Waals surface area contributed by atoms with Crippen LogP contribution in [0.3, 0.4) is 0 Å². The second-order valence-corrected chi connectivity index (χ2v) is 9.08. The van der Waals surface area contributed by atoms with Gasteiger partial charge in [0.25, 0.3) is 10.0 Å². The molecular formula is C18H16ClN3O3S2. The number of hydrogen-bond donors (Lipinski definition) is 1. The molecule has 1 aliphatic heterocycles. The molecule has 27 heavy (non-hydrogen) atoms. The van der Waals surface area contributed by atoms with E-state index in [4.69, 9.17) is 16.3 Å². The van der Waals surface area contributed by atoms with Crippen LogP contribution in [0.2, 0.25) is 5.02 Å². The summed E-state index contributed by atoms with van der Waals surface area (Å²) in [4.78, 5) is 4.59. The van der Waals surface area contributed by atoms with Gasteiger partial charge in [-0.1, -0.05) is 35.5 Å². The molecule has 9 heteroatoms. The second kappa shape index (κ2) is 7.10. The van der Waals surface area contributed by atoms with Gasteiger partial charge in [0.1, 0.15) is 10.6 Å². The van der Waals surface area contributed by atoms with E-state index < -0.39 is 10.0 Å². The number of sulfonamides is 1. The van der Waals surface area contributed by atoms with Crippen LogP contribution >= 0.6 is 23.4 Å². The fourth-order valence-corrected chi connectivity index (χ4v) is 5.29. The van der Waals surface area contributed by atoms with E-state index in [1.165, 1.54) is 19.2 Å². The Morgan fingerprint density at radius 1 is 1.26 bits per heavy atom. The summed E-state index contributed by atoms with van der Waals surface area (Å²) in [7, 11) is -2.45. The van der Waals surface area contributed by atoms with E-state index in [9.17, 15) is 8.42 Å². The van der Waals surface area contributed by atoms with E-state index in [1.807, 2.05) is 12.3 Å². The zero-order valence-electron chi connectivity index (χ0n) is 14.3. The lowest BCUT2D eigenvalue weighted by Gasteiger charge is -2.12. The summed E-state index contributed by atoms with van der Waals surface area (Å²) in [5.41, 5.74) is 2.10. The first-order chi connectivity index (χ1) is 13.0. The largest absolute Gasteiger partial charge is 0.495 e. The molecule has 2 aromatic carbocycles. The molecule has 1 aliphatic rings. The molecule has 0 spiro atoms. The van der Waals surface area contributed by atoms with Crippen molar-refractivity contribution in [3.05, 3.63) is 53.7 Å². The van der Waals surface area contributed by atoms with E-state index >= 15 is 0 Å². The third kappa shape index (κ3) is 3.65. The molecular weight excluding hydrogens is 406 g/mol. The molecule has 0 saturated heterocycles. The average Bonchev–Trinajstić information content (AvgIpc) is 3.23. The normalized spacial score (nSPS) is 13.4. The quantitative estimate of drug-likeness (QED) is 0.670. The Kier molecular flexibility index (Phi) is 4.79. The molecule has 0 saturated carbocycles. The van der Waals surface area contributed by atoms with Crippen molar-refractivity contribution >= 4 is 39.1 Å². The Labute approximate surface area is 166 Å². The topological polar surface area (TPSA) is 73.2 Å². The number of thioether (sulfide) groups is 1. The van der Waals surface area contributed by atoms with Gasteiger partial charge in [-0.2, -0.15) is 0 Å². The van der Waals surface area contributed by atoms with E-state index in [0.717, 1.165) is 28.7 Å². The first kappa shape index (κ1) is 18.2. The summed E-state index contributed by atoms with van der Waals surface area (Å²) in [5.74, 6) is 1.26. The Morgan fingerprint density at radius 2 is 2.11 bits per heavy atom. The minimum Gasteiger partial charge on any atom is -0.495 e. The standard InChI is InChI=1S/C18H16ClN3O3S2/c1-25-16-6-5-13(19)10-17(16)27(23,24)21-14-4-2-3-12(9-14)15-11-22-7-8-26-18(22)20-15/h2-6,9-11,21H,7-8H2,1H3. The fraction of sp³-hybridized carbons (Fsp3) is 0.167. The molecule has 2 heterocycles. The summed E-state index contributed by atoms with van der Waals surface area (Å²) < 4.78 is 35.5. The van der Waals surface area contributed by atoms with Crippen LogP contribution in [-0.2, 0) is 16.6 Å². The highest BCUT2D eigenvalue weighted by Gasteiger charge is 2.21. The molecule has 1 N–H and O–H groups in total. The predicted octanol–water partition coefficient (Wildman–Crippen LogP) is 4.12. The third-order valence-electron chi connectivity index (χ3n) is 4.13. The highest BCUT2D eigenvalue weighted by molar-refractivity contribution is 7.99. The van der Waals surface area contributed by atoms with E-state index in [-0.39, 0.29) is 10.6 Å². The van der Waals surface area contributed by atoms with E-state index in [2.05, 4.69) is 14.3 Å². The second-order valence-electron chi connectivity index (χ2n) is 5.93. The first-order valence-corrected chi connectivity index (χ1v) is 11.0. The number of rotatable bonds is 5. The van der Waals surface area contributed by atoms with Crippen molar-refractivity contribution in [2.75, 3.05) is 17.6 Å². The molecule has 0 amide bonds. The van der Waals surface area contributed by atoms with Gasteiger partial charge >= 0.3 is 0 Å². The van der Waals surface area contributed by atoms with Crippen molar-refractivity contribution in [2.24, 2.45) is 0 Å². The van der Waals surface area contributed by atoms with Gasteiger partial charge in [0.05, 0.1) is 12.8 Å². The number of anilines is 1. The summed E-state index contributed by atoms with van der Waals surface area (Å²) >= 11 is 7.68. The number of aryl methyl sites for hydroxylation is 1. The zero-order chi connectivity index (χ0) is 19.0. The minimum absolute atomic E-state index is 0.0136. The van der Waals surface area contributed by atoms with Crippen molar-refractivity contribution < 1.29 is 13.2 Å². The first-order valence-electron chi connectivity index (χ1n) is 8.13. The van der Waals surface area contributed by atoms with E-state index in [0.29, 0.717) is 10.7 Å². The van der Waals surface area contributed by atoms with Gasteiger partial charge < -0.3 is 9.30 Å². The smallest absolute Gasteiger partial charge is 0.265 e. The predicted molar refractivity (Wildman–Crippen MR) is 107 cm³/mol. The number of methoxy groups -OCH3 is 1. The molecule has 0 radical (unpaired) electrons. The maximum absolute atomic E-state index is 12.8. The highest BCUT2D eigenvalue weighted by atomic mass is 35.5. The number of ether oxygens (including phenoxy) is 1. The monoisotopic (exact) mass is 421 g/mol. The summed E-state index contributed by atoms with van der Waals surface area (Å²) in [5, 5.41) is 1.30. The molecule has 0 bridgehead atoms. The van der Waals surface area contributed by atoms with Crippen LogP contribution in [0.4, 0.5) is 5.69 Å². The Balaban J connectivity index is 1.65. The van der Waals surface area contributed by atoms with Crippen LogP contribution < -0.4 is 9.46 Å². The number of fused-ring (bicyclic) bond motifs is 1. The third-order valence-corrected chi connectivity index (χ3v) is 6.74. The van der Waals surface area contributed by atoms with Crippen LogP contribution in [-0.4, -0.2) is 30.8 Å². The number of nitrogens with zero attached hydrogens (tertiary/aromatic N) is 2. The van der Waals surface area contributed by atoms with Crippen molar-refractivity contribution in [1.29, 1.82) is 0 Å². The number of nitrogens with one attached hydrogen (secondary N) is 1. The van der Waals surface area contributed by atoms with Gasteiger partial charge in [0, 0.05) is 34.8 Å². The Morgan fingerprint density at radius 3 is 2.89 bits per heavy atom. The van der Waals surface area contributed by atoms with Crippen LogP contribution in [0, 0.1) is 0 Å². The van der Waals surface area contributed by atoms with Crippen LogP contribution in [0.1, 0.15) is 0 Å². The maximum atomic E-state index is 12.8. The lowest BCUT2D eigenvalue weighted by atomic mass is 10.1. The molecule has 0 atom stereocenters. The van der Waals surface area contributed by atoms with Gasteiger partial charge in [-0.05, 0) is 30.3 Å². The van der Waals surface area contributed by atoms with Crippen molar-refractivity contribution in [3.8, 4) is 17.0 Å². The molecule has 0 aliphatic carbocycles. The Bertz CT molecular complexity index is 1090. The molecule has 140 valence electrons. The Hall–Kier alpha value is -2.16. The molecule has 1 aromatic heterocycles. The van der Waals surface area contributed by atoms with Crippen LogP contribution in [0.5, 0.6) is 5.75 Å². The number of aromatic nitrogens is 2. The van der Waals surface area contributed by atoms with Crippen molar-refractivity contribution in [2.45, 2.75) is 16.6 Å². The van der Waals surface area contributed by atoms with Gasteiger partial charge in [-0.15, -0.1) is 0 Å². The fourth-order valence-electron chi connectivity index (χ4n) is 2.86. The van der Waals surface area contributed by atoms with Crippen LogP contribution in [0.25, 0.3) is 11.3 Å². The number of halogens is 1. The van der Waals surface area contributed by atoms with E-state index in [1.54, 1.807) is 36.0 Å². The molecule has 3 aromatic rings. The van der Waals surface area contributed by atoms with Crippen molar-refractivity contribution in [1.82, 2.24) is 9.55 Å².